The Bertz CT molecular complexity index is 1170. The lowest BCUT2D eigenvalue weighted by atomic mass is 10.1. The van der Waals surface area contributed by atoms with Gasteiger partial charge >= 0.3 is 0 Å². The minimum absolute atomic E-state index is 0.211. The molecule has 2 aromatic heterocycles. The van der Waals surface area contributed by atoms with Crippen LogP contribution < -0.4 is 21.1 Å². The molecule has 0 aliphatic rings. The van der Waals surface area contributed by atoms with Crippen molar-refractivity contribution in [2.45, 2.75) is 6.42 Å². The fourth-order valence-electron chi connectivity index (χ4n) is 3.18. The predicted molar refractivity (Wildman–Crippen MR) is 131 cm³/mol. The molecule has 0 saturated carbocycles. The minimum Gasteiger partial charge on any atom is -0.457 e. The Balaban J connectivity index is 1.40. The first kappa shape index (κ1) is 22.0. The van der Waals surface area contributed by atoms with E-state index in [0.29, 0.717) is 23.9 Å². The third kappa shape index (κ3) is 6.41. The lowest BCUT2D eigenvalue weighted by molar-refractivity contribution is 0.198. The lowest BCUT2D eigenvalue weighted by Gasteiger charge is -2.11. The normalized spacial score (nSPS) is 10.6. The SMILES string of the molecule is COCCCNc1cc(Oc2ccc(Nc3cc(-c4ccccc4)nc(N)n3)cc2)ccn1. The summed E-state index contributed by atoms with van der Waals surface area (Å²) in [6.07, 6.45) is 2.62. The summed E-state index contributed by atoms with van der Waals surface area (Å²) < 4.78 is 11.0. The van der Waals surface area contributed by atoms with Crippen molar-refractivity contribution in [1.29, 1.82) is 0 Å². The number of methoxy groups -OCH3 is 1. The van der Waals surface area contributed by atoms with Crippen LogP contribution >= 0.6 is 0 Å². The van der Waals surface area contributed by atoms with Crippen LogP contribution in [0.2, 0.25) is 0 Å². The quantitative estimate of drug-likeness (QED) is 0.291. The maximum Gasteiger partial charge on any atom is 0.222 e. The summed E-state index contributed by atoms with van der Waals surface area (Å²) in [4.78, 5) is 12.9. The van der Waals surface area contributed by atoms with E-state index in [-0.39, 0.29) is 5.95 Å². The van der Waals surface area contributed by atoms with E-state index in [2.05, 4.69) is 25.6 Å². The van der Waals surface area contributed by atoms with E-state index >= 15 is 0 Å². The molecule has 33 heavy (non-hydrogen) atoms. The van der Waals surface area contributed by atoms with Crippen molar-refractivity contribution in [3.63, 3.8) is 0 Å². The highest BCUT2D eigenvalue weighted by Gasteiger charge is 2.06. The molecule has 0 aliphatic heterocycles. The molecule has 0 unspecified atom stereocenters. The Labute approximate surface area is 192 Å². The third-order valence-corrected chi connectivity index (χ3v) is 4.74. The van der Waals surface area contributed by atoms with Crippen LogP contribution in [0.1, 0.15) is 6.42 Å². The second kappa shape index (κ2) is 10.9. The first-order valence-electron chi connectivity index (χ1n) is 10.6. The maximum absolute atomic E-state index is 5.97. The number of rotatable bonds is 10. The van der Waals surface area contributed by atoms with Gasteiger partial charge in [-0.25, -0.2) is 9.97 Å². The third-order valence-electron chi connectivity index (χ3n) is 4.74. The average Bonchev–Trinajstić information content (AvgIpc) is 2.84. The Morgan fingerprint density at radius 3 is 2.48 bits per heavy atom. The predicted octanol–water partition coefficient (Wildman–Crippen LogP) is 5.11. The highest BCUT2D eigenvalue weighted by atomic mass is 16.5. The zero-order valence-electron chi connectivity index (χ0n) is 18.4. The number of hydrogen-bond acceptors (Lipinski definition) is 8. The van der Waals surface area contributed by atoms with Crippen molar-refractivity contribution in [3.8, 4) is 22.8 Å². The zero-order valence-corrected chi connectivity index (χ0v) is 18.4. The summed E-state index contributed by atoms with van der Waals surface area (Å²) in [6.45, 7) is 1.49. The van der Waals surface area contributed by atoms with Gasteiger partial charge in [0, 0.05) is 49.8 Å². The van der Waals surface area contributed by atoms with Crippen molar-refractivity contribution in [1.82, 2.24) is 15.0 Å². The number of nitrogen functional groups attached to an aromatic ring is 1. The van der Waals surface area contributed by atoms with Crippen LogP contribution in [0.3, 0.4) is 0 Å². The van der Waals surface area contributed by atoms with Gasteiger partial charge in [0.05, 0.1) is 5.69 Å². The number of aromatic nitrogens is 3. The van der Waals surface area contributed by atoms with Gasteiger partial charge in [-0.05, 0) is 36.8 Å². The molecule has 8 nitrogen and oxygen atoms in total. The van der Waals surface area contributed by atoms with Crippen LogP contribution in [-0.2, 0) is 4.74 Å². The van der Waals surface area contributed by atoms with Crippen LogP contribution in [0.25, 0.3) is 11.3 Å². The summed E-state index contributed by atoms with van der Waals surface area (Å²) in [5, 5.41) is 6.53. The molecular weight excluding hydrogens is 416 g/mol. The van der Waals surface area contributed by atoms with E-state index in [9.17, 15) is 0 Å². The van der Waals surface area contributed by atoms with E-state index in [0.717, 1.165) is 35.7 Å². The van der Waals surface area contributed by atoms with Gasteiger partial charge in [-0.15, -0.1) is 0 Å². The number of anilines is 4. The second-order valence-electron chi connectivity index (χ2n) is 7.26. The lowest BCUT2D eigenvalue weighted by Crippen LogP contribution is -2.05. The molecule has 168 valence electrons. The summed E-state index contributed by atoms with van der Waals surface area (Å²) in [6, 6.07) is 23.0. The van der Waals surface area contributed by atoms with Gasteiger partial charge < -0.3 is 25.8 Å². The molecule has 8 heteroatoms. The number of benzene rings is 2. The Morgan fingerprint density at radius 1 is 0.879 bits per heavy atom. The van der Waals surface area contributed by atoms with Crippen LogP contribution in [-0.4, -0.2) is 35.2 Å². The van der Waals surface area contributed by atoms with Crippen molar-refractivity contribution in [2.24, 2.45) is 0 Å². The zero-order chi connectivity index (χ0) is 22.9. The molecule has 0 bridgehead atoms. The molecule has 0 amide bonds. The van der Waals surface area contributed by atoms with Gasteiger partial charge in [-0.3, -0.25) is 0 Å². The fourth-order valence-corrected chi connectivity index (χ4v) is 3.18. The summed E-state index contributed by atoms with van der Waals surface area (Å²) in [7, 11) is 1.69. The topological polar surface area (TPSA) is 107 Å². The summed E-state index contributed by atoms with van der Waals surface area (Å²) >= 11 is 0. The molecule has 0 spiro atoms. The number of pyridine rings is 1. The van der Waals surface area contributed by atoms with E-state index in [1.165, 1.54) is 0 Å². The van der Waals surface area contributed by atoms with Crippen LogP contribution in [0, 0.1) is 0 Å². The van der Waals surface area contributed by atoms with E-state index in [1.54, 1.807) is 13.3 Å². The van der Waals surface area contributed by atoms with Crippen molar-refractivity contribution < 1.29 is 9.47 Å². The number of nitrogens with zero attached hydrogens (tertiary/aromatic N) is 3. The van der Waals surface area contributed by atoms with E-state index in [4.69, 9.17) is 15.2 Å². The van der Waals surface area contributed by atoms with Crippen molar-refractivity contribution >= 4 is 23.3 Å². The van der Waals surface area contributed by atoms with Crippen LogP contribution in [0.15, 0.2) is 79.0 Å². The molecule has 4 N–H and O–H groups in total. The van der Waals surface area contributed by atoms with Gasteiger partial charge in [0.15, 0.2) is 0 Å². The fraction of sp³-hybridized carbons (Fsp3) is 0.160. The molecule has 4 rings (SSSR count). The first-order valence-corrected chi connectivity index (χ1v) is 10.6. The standard InChI is InChI=1S/C25H26N6O2/c1-32-15-5-13-27-23-16-21(12-14-28-23)33-20-10-8-19(9-11-20)29-24-17-22(30-25(26)31-24)18-6-3-2-4-7-18/h2-4,6-12,14,16-17H,5,13,15H2,1H3,(H,27,28)(H3,26,29,30,31). The van der Waals surface area contributed by atoms with Crippen LogP contribution in [0.5, 0.6) is 11.5 Å². The molecule has 0 aliphatic carbocycles. The van der Waals surface area contributed by atoms with Gasteiger partial charge in [0.1, 0.15) is 23.1 Å². The second-order valence-corrected chi connectivity index (χ2v) is 7.26. The molecule has 0 radical (unpaired) electrons. The largest absolute Gasteiger partial charge is 0.457 e. The van der Waals surface area contributed by atoms with E-state index in [1.807, 2.05) is 72.8 Å². The average molecular weight is 443 g/mol. The number of nitrogens with two attached hydrogens (primary N) is 1. The van der Waals surface area contributed by atoms with Crippen LogP contribution in [0.4, 0.5) is 23.3 Å². The Kier molecular flexibility index (Phi) is 7.29. The molecule has 0 atom stereocenters. The maximum atomic E-state index is 5.97. The number of ether oxygens (including phenoxy) is 2. The molecule has 4 aromatic rings. The van der Waals surface area contributed by atoms with Gasteiger partial charge in [-0.2, -0.15) is 4.98 Å². The summed E-state index contributed by atoms with van der Waals surface area (Å²) in [5.74, 6) is 3.01. The smallest absolute Gasteiger partial charge is 0.222 e. The molecule has 2 heterocycles. The molecule has 0 saturated heterocycles. The minimum atomic E-state index is 0.211. The Hall–Kier alpha value is -4.17. The monoisotopic (exact) mass is 442 g/mol. The highest BCUT2D eigenvalue weighted by Crippen LogP contribution is 2.26. The van der Waals surface area contributed by atoms with Crippen molar-refractivity contribution in [3.05, 3.63) is 79.0 Å². The number of nitrogens with one attached hydrogen (secondary N) is 2. The van der Waals surface area contributed by atoms with Gasteiger partial charge in [-0.1, -0.05) is 30.3 Å². The summed E-state index contributed by atoms with van der Waals surface area (Å²) in [5.41, 5.74) is 8.51. The highest BCUT2D eigenvalue weighted by molar-refractivity contribution is 5.67. The van der Waals surface area contributed by atoms with Crippen molar-refractivity contribution in [2.75, 3.05) is 36.6 Å². The first-order chi connectivity index (χ1) is 16.2. The number of hydrogen-bond donors (Lipinski definition) is 3. The van der Waals surface area contributed by atoms with E-state index < -0.39 is 0 Å². The van der Waals surface area contributed by atoms with Gasteiger partial charge in [0.2, 0.25) is 5.95 Å². The molecule has 0 fully saturated rings. The molecular formula is C25H26N6O2. The van der Waals surface area contributed by atoms with Gasteiger partial charge in [0.25, 0.3) is 0 Å². The Morgan fingerprint density at radius 2 is 1.70 bits per heavy atom. The molecule has 2 aromatic carbocycles.